The van der Waals surface area contributed by atoms with Gasteiger partial charge in [-0.25, -0.2) is 4.79 Å². The van der Waals surface area contributed by atoms with Gasteiger partial charge < -0.3 is 9.64 Å². The molecule has 0 bridgehead atoms. The number of H-pyrrole nitrogens is 1. The third kappa shape index (κ3) is 4.30. The van der Waals surface area contributed by atoms with Gasteiger partial charge in [0.2, 0.25) is 5.91 Å². The van der Waals surface area contributed by atoms with Crippen molar-refractivity contribution in [2.75, 3.05) is 20.3 Å². The van der Waals surface area contributed by atoms with E-state index in [9.17, 15) is 14.4 Å². The molecule has 122 valence electrons. The molecule has 1 fully saturated rings. The third-order valence-corrected chi connectivity index (χ3v) is 4.04. The molecular weight excluding hydrogens is 286 g/mol. The fraction of sp³-hybridized carbons (Fsp3) is 0.667. The summed E-state index contributed by atoms with van der Waals surface area (Å²) < 4.78 is 6.31. The maximum Gasteiger partial charge on any atom is 0.328 e. The Morgan fingerprint density at radius 2 is 2.23 bits per heavy atom. The Bertz CT molecular complexity index is 607. The minimum Gasteiger partial charge on any atom is -0.385 e. The van der Waals surface area contributed by atoms with E-state index in [1.165, 1.54) is 16.8 Å². The Labute approximate surface area is 128 Å². The van der Waals surface area contributed by atoms with Crippen LogP contribution in [0.15, 0.2) is 21.9 Å². The molecule has 0 unspecified atom stereocenters. The van der Waals surface area contributed by atoms with Crippen LogP contribution < -0.4 is 11.2 Å². The second kappa shape index (κ2) is 7.93. The third-order valence-electron chi connectivity index (χ3n) is 4.04. The lowest BCUT2D eigenvalue weighted by Gasteiger charge is -2.36. The van der Waals surface area contributed by atoms with Crippen LogP contribution in [0, 0.1) is 0 Å². The Kier molecular flexibility index (Phi) is 5.94. The number of ether oxygens (including phenoxy) is 1. The standard InChI is InChI=1S/C15H23N3O4/c1-22-10-4-6-12-5-2-3-8-18(12)14(20)11-17-9-7-13(19)16-15(17)21/h7,9,12H,2-6,8,10-11H2,1H3,(H,16,19,21)/t12-/m0/s1. The molecule has 1 aliphatic heterocycles. The first-order valence-corrected chi connectivity index (χ1v) is 7.70. The van der Waals surface area contributed by atoms with Crippen LogP contribution in [0.3, 0.4) is 0 Å². The van der Waals surface area contributed by atoms with E-state index in [1.807, 2.05) is 4.90 Å². The first kappa shape index (κ1) is 16.5. The van der Waals surface area contributed by atoms with Crippen LogP contribution in [-0.2, 0) is 16.1 Å². The molecule has 1 atom stereocenters. The summed E-state index contributed by atoms with van der Waals surface area (Å²) in [4.78, 5) is 39.3. The highest BCUT2D eigenvalue weighted by molar-refractivity contribution is 5.76. The smallest absolute Gasteiger partial charge is 0.328 e. The lowest BCUT2D eigenvalue weighted by atomic mass is 9.98. The van der Waals surface area contributed by atoms with Crippen LogP contribution in [0.1, 0.15) is 32.1 Å². The highest BCUT2D eigenvalue weighted by Gasteiger charge is 2.26. The van der Waals surface area contributed by atoms with Crippen molar-refractivity contribution in [2.45, 2.75) is 44.7 Å². The van der Waals surface area contributed by atoms with Crippen LogP contribution in [0.4, 0.5) is 0 Å². The maximum absolute atomic E-state index is 12.5. The van der Waals surface area contributed by atoms with E-state index in [-0.39, 0.29) is 18.5 Å². The van der Waals surface area contributed by atoms with Crippen LogP contribution in [-0.4, -0.2) is 46.7 Å². The number of aromatic nitrogens is 2. The Balaban J connectivity index is 2.02. The second-order valence-corrected chi connectivity index (χ2v) is 5.61. The van der Waals surface area contributed by atoms with E-state index in [0.717, 1.165) is 38.6 Å². The number of methoxy groups -OCH3 is 1. The molecule has 1 amide bonds. The van der Waals surface area contributed by atoms with Crippen LogP contribution >= 0.6 is 0 Å². The lowest BCUT2D eigenvalue weighted by Crippen LogP contribution is -2.46. The summed E-state index contributed by atoms with van der Waals surface area (Å²) in [6, 6.07) is 1.47. The summed E-state index contributed by atoms with van der Waals surface area (Å²) in [7, 11) is 1.67. The highest BCUT2D eigenvalue weighted by Crippen LogP contribution is 2.21. The minimum atomic E-state index is -0.547. The number of hydrogen-bond donors (Lipinski definition) is 1. The zero-order valence-corrected chi connectivity index (χ0v) is 12.9. The molecule has 22 heavy (non-hydrogen) atoms. The first-order chi connectivity index (χ1) is 10.6. The first-order valence-electron chi connectivity index (χ1n) is 7.70. The number of nitrogens with one attached hydrogen (secondary N) is 1. The summed E-state index contributed by atoms with van der Waals surface area (Å²) in [5.74, 6) is -0.0729. The van der Waals surface area contributed by atoms with E-state index in [2.05, 4.69) is 4.98 Å². The Hall–Kier alpha value is -1.89. The second-order valence-electron chi connectivity index (χ2n) is 5.61. The van der Waals surface area contributed by atoms with Gasteiger partial charge in [0.1, 0.15) is 6.54 Å². The van der Waals surface area contributed by atoms with Crippen molar-refractivity contribution in [2.24, 2.45) is 0 Å². The van der Waals surface area contributed by atoms with Gasteiger partial charge in [-0.05, 0) is 32.1 Å². The van der Waals surface area contributed by atoms with Crippen molar-refractivity contribution in [3.8, 4) is 0 Å². The molecule has 1 N–H and O–H groups in total. The number of piperidine rings is 1. The normalized spacial score (nSPS) is 18.4. The largest absolute Gasteiger partial charge is 0.385 e. The van der Waals surface area contributed by atoms with Crippen LogP contribution in [0.25, 0.3) is 0 Å². The average Bonchev–Trinajstić information content (AvgIpc) is 2.51. The van der Waals surface area contributed by atoms with Crippen LogP contribution in [0.5, 0.6) is 0 Å². The Morgan fingerprint density at radius 1 is 1.41 bits per heavy atom. The maximum atomic E-state index is 12.5. The summed E-state index contributed by atoms with van der Waals surface area (Å²) in [5, 5.41) is 0. The zero-order valence-electron chi connectivity index (χ0n) is 12.9. The summed E-state index contributed by atoms with van der Waals surface area (Å²) >= 11 is 0. The fourth-order valence-electron chi connectivity index (χ4n) is 2.90. The summed E-state index contributed by atoms with van der Waals surface area (Å²) in [5.41, 5.74) is -1.00. The molecule has 1 aliphatic rings. The topological polar surface area (TPSA) is 84.4 Å². The van der Waals surface area contributed by atoms with E-state index >= 15 is 0 Å². The van der Waals surface area contributed by atoms with Crippen molar-refractivity contribution in [3.05, 3.63) is 33.1 Å². The molecule has 2 heterocycles. The molecule has 0 aliphatic carbocycles. The van der Waals surface area contributed by atoms with Gasteiger partial charge in [-0.15, -0.1) is 0 Å². The summed E-state index contributed by atoms with van der Waals surface area (Å²) in [6.45, 7) is 1.39. The molecule has 7 heteroatoms. The van der Waals surface area contributed by atoms with Crippen molar-refractivity contribution in [1.82, 2.24) is 14.5 Å². The molecule has 0 spiro atoms. The van der Waals surface area contributed by atoms with Gasteiger partial charge in [0.05, 0.1) is 0 Å². The molecule has 0 saturated carbocycles. The highest BCUT2D eigenvalue weighted by atomic mass is 16.5. The molecule has 1 saturated heterocycles. The van der Waals surface area contributed by atoms with E-state index in [1.54, 1.807) is 7.11 Å². The van der Waals surface area contributed by atoms with E-state index in [0.29, 0.717) is 6.61 Å². The lowest BCUT2D eigenvalue weighted by molar-refractivity contribution is -0.135. The van der Waals surface area contributed by atoms with Crippen molar-refractivity contribution >= 4 is 5.91 Å². The number of carbonyl (C=O) groups is 1. The van der Waals surface area contributed by atoms with E-state index in [4.69, 9.17) is 4.74 Å². The van der Waals surface area contributed by atoms with Gasteiger partial charge in [-0.2, -0.15) is 0 Å². The average molecular weight is 309 g/mol. The quantitative estimate of drug-likeness (QED) is 0.768. The van der Waals surface area contributed by atoms with Gasteiger partial charge in [-0.1, -0.05) is 0 Å². The molecule has 2 rings (SSSR count). The monoisotopic (exact) mass is 309 g/mol. The van der Waals surface area contributed by atoms with Gasteiger partial charge in [0.25, 0.3) is 5.56 Å². The number of likely N-dealkylation sites (tertiary alicyclic amines) is 1. The van der Waals surface area contributed by atoms with Crippen molar-refractivity contribution in [1.29, 1.82) is 0 Å². The number of nitrogens with zero attached hydrogens (tertiary/aromatic N) is 2. The van der Waals surface area contributed by atoms with Gasteiger partial charge in [0.15, 0.2) is 0 Å². The SMILES string of the molecule is COCCC[C@@H]1CCCCN1C(=O)Cn1ccc(=O)[nH]c1=O. The number of carbonyl (C=O) groups excluding carboxylic acids is 1. The number of hydrogen-bond acceptors (Lipinski definition) is 4. The number of amides is 1. The van der Waals surface area contributed by atoms with Gasteiger partial charge >= 0.3 is 5.69 Å². The van der Waals surface area contributed by atoms with E-state index < -0.39 is 11.2 Å². The van der Waals surface area contributed by atoms with Crippen molar-refractivity contribution in [3.63, 3.8) is 0 Å². The van der Waals surface area contributed by atoms with Crippen LogP contribution in [0.2, 0.25) is 0 Å². The van der Waals surface area contributed by atoms with Gasteiger partial charge in [-0.3, -0.25) is 19.1 Å². The Morgan fingerprint density at radius 3 is 2.95 bits per heavy atom. The molecule has 0 aromatic carbocycles. The summed E-state index contributed by atoms with van der Waals surface area (Å²) in [6.07, 6.45) is 6.32. The molecule has 1 aromatic rings. The minimum absolute atomic E-state index is 0.0314. The molecule has 7 nitrogen and oxygen atoms in total. The number of aromatic amines is 1. The predicted octanol–water partition coefficient (Wildman–Crippen LogP) is 0.344. The predicted molar refractivity (Wildman–Crippen MR) is 81.8 cm³/mol. The zero-order chi connectivity index (χ0) is 15.9. The van der Waals surface area contributed by atoms with Crippen molar-refractivity contribution < 1.29 is 9.53 Å². The molecular formula is C15H23N3O4. The number of rotatable bonds is 6. The fourth-order valence-corrected chi connectivity index (χ4v) is 2.90. The van der Waals surface area contributed by atoms with Gasteiger partial charge in [0, 0.05) is 38.6 Å². The molecule has 1 aromatic heterocycles. The molecule has 0 radical (unpaired) electrons.